The average molecular weight is 280 g/mol. The summed E-state index contributed by atoms with van der Waals surface area (Å²) in [5.74, 6) is -0.0147. The van der Waals surface area contributed by atoms with E-state index in [0.717, 1.165) is 5.56 Å². The quantitative estimate of drug-likeness (QED) is 0.682. The minimum Gasteiger partial charge on any atom is -0.399 e. The number of halogens is 2. The Labute approximate surface area is 115 Å². The summed E-state index contributed by atoms with van der Waals surface area (Å²) in [4.78, 5) is 12.0. The first-order valence-corrected chi connectivity index (χ1v) is 6.14. The number of rotatable bonds is 3. The Morgan fingerprint density at radius 2 is 1.83 bits per heavy atom. The Morgan fingerprint density at radius 3 is 2.50 bits per heavy atom. The number of ketones is 1. The van der Waals surface area contributed by atoms with Crippen LogP contribution in [0.15, 0.2) is 42.5 Å². The molecule has 0 amide bonds. The fraction of sp³-hybridized carbons (Fsp3) is 0.0714. The first-order chi connectivity index (χ1) is 8.56. The zero-order valence-electron chi connectivity index (χ0n) is 9.49. The van der Waals surface area contributed by atoms with Crippen molar-refractivity contribution in [3.05, 3.63) is 63.6 Å². The maximum Gasteiger partial charge on any atom is 0.167 e. The summed E-state index contributed by atoms with van der Waals surface area (Å²) < 4.78 is 0. The molecule has 4 heteroatoms. The minimum absolute atomic E-state index is 0.0147. The van der Waals surface area contributed by atoms with Crippen LogP contribution in [0, 0.1) is 0 Å². The van der Waals surface area contributed by atoms with Crippen molar-refractivity contribution in [2.45, 2.75) is 6.42 Å². The number of anilines is 1. The van der Waals surface area contributed by atoms with Gasteiger partial charge in [0.1, 0.15) is 0 Å². The lowest BCUT2D eigenvalue weighted by atomic mass is 10.0. The number of benzene rings is 2. The molecule has 0 saturated carbocycles. The maximum absolute atomic E-state index is 12.0. The minimum atomic E-state index is -0.0147. The summed E-state index contributed by atoms with van der Waals surface area (Å²) >= 11 is 11.7. The van der Waals surface area contributed by atoms with Crippen molar-refractivity contribution in [2.24, 2.45) is 0 Å². The van der Waals surface area contributed by atoms with Crippen molar-refractivity contribution in [1.29, 1.82) is 0 Å². The molecule has 18 heavy (non-hydrogen) atoms. The van der Waals surface area contributed by atoms with E-state index in [2.05, 4.69) is 0 Å². The molecule has 2 aromatic carbocycles. The Balaban J connectivity index is 2.19. The van der Waals surface area contributed by atoms with E-state index < -0.39 is 0 Å². The highest BCUT2D eigenvalue weighted by molar-refractivity contribution is 6.42. The third kappa shape index (κ3) is 3.03. The molecule has 0 bridgehead atoms. The molecule has 2 N–H and O–H groups in total. The first-order valence-electron chi connectivity index (χ1n) is 5.39. The second kappa shape index (κ2) is 5.42. The van der Waals surface area contributed by atoms with Gasteiger partial charge in [-0.15, -0.1) is 0 Å². The van der Waals surface area contributed by atoms with Crippen molar-refractivity contribution >= 4 is 34.7 Å². The van der Waals surface area contributed by atoms with Crippen LogP contribution in [-0.4, -0.2) is 5.78 Å². The molecule has 0 heterocycles. The van der Waals surface area contributed by atoms with E-state index in [-0.39, 0.29) is 5.78 Å². The van der Waals surface area contributed by atoms with Gasteiger partial charge in [-0.2, -0.15) is 0 Å². The molecule has 0 unspecified atom stereocenters. The molecule has 0 aliphatic rings. The van der Waals surface area contributed by atoms with Gasteiger partial charge in [-0.05, 0) is 35.9 Å². The van der Waals surface area contributed by atoms with Crippen LogP contribution < -0.4 is 5.73 Å². The fourth-order valence-electron chi connectivity index (χ4n) is 1.66. The Kier molecular flexibility index (Phi) is 3.90. The number of Topliss-reactive ketones (excluding diaryl/α,β-unsaturated/α-hetero) is 1. The summed E-state index contributed by atoms with van der Waals surface area (Å²) in [5.41, 5.74) is 7.74. The van der Waals surface area contributed by atoms with Gasteiger partial charge >= 0.3 is 0 Å². The van der Waals surface area contributed by atoms with Gasteiger partial charge in [0, 0.05) is 17.7 Å². The van der Waals surface area contributed by atoms with Gasteiger partial charge in [0.05, 0.1) is 10.0 Å². The molecule has 0 aromatic heterocycles. The lowest BCUT2D eigenvalue weighted by Crippen LogP contribution is -2.03. The van der Waals surface area contributed by atoms with Gasteiger partial charge in [0.25, 0.3) is 0 Å². The van der Waals surface area contributed by atoms with Gasteiger partial charge in [0.2, 0.25) is 0 Å². The monoisotopic (exact) mass is 279 g/mol. The number of nitrogens with two attached hydrogens (primary N) is 1. The van der Waals surface area contributed by atoms with Crippen molar-refractivity contribution in [2.75, 3.05) is 5.73 Å². The Morgan fingerprint density at radius 1 is 1.06 bits per heavy atom. The molecule has 0 spiro atoms. The highest BCUT2D eigenvalue weighted by Crippen LogP contribution is 2.23. The van der Waals surface area contributed by atoms with Gasteiger partial charge in [-0.25, -0.2) is 0 Å². The van der Waals surface area contributed by atoms with Crippen LogP contribution in [0.3, 0.4) is 0 Å². The predicted octanol–water partition coefficient (Wildman–Crippen LogP) is 4.00. The molecule has 2 aromatic rings. The molecule has 0 radical (unpaired) electrons. The van der Waals surface area contributed by atoms with Crippen molar-refractivity contribution < 1.29 is 4.79 Å². The number of carbonyl (C=O) groups excluding carboxylic acids is 1. The molecule has 0 aliphatic heterocycles. The van der Waals surface area contributed by atoms with Crippen LogP contribution in [0.25, 0.3) is 0 Å². The highest BCUT2D eigenvalue weighted by atomic mass is 35.5. The summed E-state index contributed by atoms with van der Waals surface area (Å²) in [6, 6.07) is 12.1. The van der Waals surface area contributed by atoms with Crippen LogP contribution in [0.5, 0.6) is 0 Å². The van der Waals surface area contributed by atoms with E-state index in [0.29, 0.717) is 27.7 Å². The summed E-state index contributed by atoms with van der Waals surface area (Å²) in [5, 5.41) is 0.826. The van der Waals surface area contributed by atoms with Crippen molar-refractivity contribution in [3.63, 3.8) is 0 Å². The van der Waals surface area contributed by atoms with Gasteiger partial charge in [-0.1, -0.05) is 35.3 Å². The first kappa shape index (κ1) is 12.9. The van der Waals surface area contributed by atoms with E-state index in [1.165, 1.54) is 0 Å². The zero-order chi connectivity index (χ0) is 13.1. The second-order valence-corrected chi connectivity index (χ2v) is 4.79. The number of carbonyl (C=O) groups is 1. The van der Waals surface area contributed by atoms with E-state index in [9.17, 15) is 4.79 Å². The second-order valence-electron chi connectivity index (χ2n) is 3.97. The van der Waals surface area contributed by atoms with Gasteiger partial charge < -0.3 is 5.73 Å². The van der Waals surface area contributed by atoms with Crippen molar-refractivity contribution in [3.8, 4) is 0 Å². The molecule has 92 valence electrons. The van der Waals surface area contributed by atoms with Gasteiger partial charge in [0.15, 0.2) is 5.78 Å². The number of hydrogen-bond acceptors (Lipinski definition) is 2. The average Bonchev–Trinajstić information content (AvgIpc) is 2.32. The standard InChI is InChI=1S/C14H11Cl2NO/c15-12-5-4-10(8-13(12)16)14(18)7-9-2-1-3-11(17)6-9/h1-6,8H,7,17H2. The molecule has 2 nitrogen and oxygen atoms in total. The van der Waals surface area contributed by atoms with Crippen molar-refractivity contribution in [1.82, 2.24) is 0 Å². The summed E-state index contributed by atoms with van der Waals surface area (Å²) in [7, 11) is 0. The van der Waals surface area contributed by atoms with Crippen LogP contribution >= 0.6 is 23.2 Å². The van der Waals surface area contributed by atoms with Crippen LogP contribution in [0.1, 0.15) is 15.9 Å². The fourth-order valence-corrected chi connectivity index (χ4v) is 1.96. The van der Waals surface area contributed by atoms with Crippen LogP contribution in [0.2, 0.25) is 10.0 Å². The van der Waals surface area contributed by atoms with E-state index in [1.54, 1.807) is 30.3 Å². The topological polar surface area (TPSA) is 43.1 Å². The lowest BCUT2D eigenvalue weighted by Gasteiger charge is -2.04. The normalized spacial score (nSPS) is 10.3. The lowest BCUT2D eigenvalue weighted by molar-refractivity contribution is 0.0993. The number of hydrogen-bond donors (Lipinski definition) is 1. The zero-order valence-corrected chi connectivity index (χ0v) is 11.0. The summed E-state index contributed by atoms with van der Waals surface area (Å²) in [6.07, 6.45) is 0.295. The van der Waals surface area contributed by atoms with E-state index in [1.807, 2.05) is 12.1 Å². The third-order valence-electron chi connectivity index (χ3n) is 2.56. The number of nitrogen functional groups attached to an aromatic ring is 1. The molecular weight excluding hydrogens is 269 g/mol. The highest BCUT2D eigenvalue weighted by Gasteiger charge is 2.09. The predicted molar refractivity (Wildman–Crippen MR) is 75.4 cm³/mol. The van der Waals surface area contributed by atoms with Crippen LogP contribution in [0.4, 0.5) is 5.69 Å². The Bertz CT molecular complexity index is 596. The third-order valence-corrected chi connectivity index (χ3v) is 3.30. The SMILES string of the molecule is Nc1cccc(CC(=O)c2ccc(Cl)c(Cl)c2)c1. The molecule has 0 saturated heterocycles. The Hall–Kier alpha value is -1.51. The van der Waals surface area contributed by atoms with Gasteiger partial charge in [-0.3, -0.25) is 4.79 Å². The van der Waals surface area contributed by atoms with E-state index >= 15 is 0 Å². The van der Waals surface area contributed by atoms with E-state index in [4.69, 9.17) is 28.9 Å². The smallest absolute Gasteiger partial charge is 0.167 e. The van der Waals surface area contributed by atoms with Crippen LogP contribution in [-0.2, 0) is 6.42 Å². The molecule has 0 fully saturated rings. The molecular formula is C14H11Cl2NO. The molecule has 0 atom stereocenters. The largest absolute Gasteiger partial charge is 0.399 e. The molecule has 2 rings (SSSR count). The maximum atomic E-state index is 12.0. The molecule has 0 aliphatic carbocycles. The summed E-state index contributed by atoms with van der Waals surface area (Å²) in [6.45, 7) is 0.